The van der Waals surface area contributed by atoms with Gasteiger partial charge in [-0.3, -0.25) is 0 Å². The van der Waals surface area contributed by atoms with E-state index in [1.165, 1.54) is 32.1 Å². The quantitative estimate of drug-likeness (QED) is 0.598. The standard InChI is InChI=1S/C9H15ClO/c10-7-9(3-4-9)6-8-2-1-5-11-8/h8H,1-7H2/t8-/m0/s1. The molecule has 1 nitrogen and oxygen atoms in total. The van der Waals surface area contributed by atoms with E-state index < -0.39 is 0 Å². The van der Waals surface area contributed by atoms with Gasteiger partial charge in [-0.05, 0) is 37.5 Å². The molecule has 1 saturated carbocycles. The van der Waals surface area contributed by atoms with Crippen LogP contribution in [0.15, 0.2) is 0 Å². The molecule has 0 N–H and O–H groups in total. The van der Waals surface area contributed by atoms with E-state index in [0.29, 0.717) is 11.5 Å². The monoisotopic (exact) mass is 174 g/mol. The molecule has 1 saturated heterocycles. The van der Waals surface area contributed by atoms with Crippen LogP contribution in [0.2, 0.25) is 0 Å². The Kier molecular flexibility index (Phi) is 2.11. The highest BCUT2D eigenvalue weighted by Gasteiger charge is 2.43. The number of hydrogen-bond donors (Lipinski definition) is 0. The van der Waals surface area contributed by atoms with Crippen molar-refractivity contribution in [3.63, 3.8) is 0 Å². The Morgan fingerprint density at radius 3 is 2.73 bits per heavy atom. The molecule has 0 aromatic rings. The fourth-order valence-corrected chi connectivity index (χ4v) is 2.23. The molecule has 0 radical (unpaired) electrons. The molecule has 0 unspecified atom stereocenters. The highest BCUT2D eigenvalue weighted by atomic mass is 35.5. The third-order valence-electron chi connectivity index (χ3n) is 2.93. The molecule has 11 heavy (non-hydrogen) atoms. The van der Waals surface area contributed by atoms with Gasteiger partial charge in [0.15, 0.2) is 0 Å². The predicted octanol–water partition coefficient (Wildman–Crippen LogP) is 2.57. The van der Waals surface area contributed by atoms with Crippen molar-refractivity contribution >= 4 is 11.6 Å². The van der Waals surface area contributed by atoms with Gasteiger partial charge in [-0.25, -0.2) is 0 Å². The summed E-state index contributed by atoms with van der Waals surface area (Å²) < 4.78 is 5.57. The number of hydrogen-bond acceptors (Lipinski definition) is 1. The normalized spacial score (nSPS) is 34.1. The van der Waals surface area contributed by atoms with Crippen molar-refractivity contribution in [3.05, 3.63) is 0 Å². The minimum Gasteiger partial charge on any atom is -0.378 e. The third-order valence-corrected chi connectivity index (χ3v) is 3.49. The molecular formula is C9H15ClO. The molecule has 2 aliphatic rings. The van der Waals surface area contributed by atoms with Crippen molar-refractivity contribution in [3.8, 4) is 0 Å². The molecule has 0 bridgehead atoms. The van der Waals surface area contributed by atoms with E-state index in [4.69, 9.17) is 16.3 Å². The molecule has 0 amide bonds. The van der Waals surface area contributed by atoms with Crippen molar-refractivity contribution in [1.29, 1.82) is 0 Å². The van der Waals surface area contributed by atoms with Gasteiger partial charge in [0.2, 0.25) is 0 Å². The molecular weight excluding hydrogens is 160 g/mol. The maximum atomic E-state index is 5.88. The second kappa shape index (κ2) is 2.95. The van der Waals surface area contributed by atoms with E-state index in [9.17, 15) is 0 Å². The van der Waals surface area contributed by atoms with E-state index in [1.54, 1.807) is 0 Å². The molecule has 0 spiro atoms. The van der Waals surface area contributed by atoms with Gasteiger partial charge in [0.05, 0.1) is 6.10 Å². The van der Waals surface area contributed by atoms with Crippen molar-refractivity contribution in [2.24, 2.45) is 5.41 Å². The van der Waals surface area contributed by atoms with Gasteiger partial charge in [0, 0.05) is 12.5 Å². The lowest BCUT2D eigenvalue weighted by atomic mass is 9.99. The molecule has 0 aromatic heterocycles. The van der Waals surface area contributed by atoms with Crippen molar-refractivity contribution in [1.82, 2.24) is 0 Å². The summed E-state index contributed by atoms with van der Waals surface area (Å²) in [5.74, 6) is 0.840. The predicted molar refractivity (Wildman–Crippen MR) is 46.0 cm³/mol. The Bertz CT molecular complexity index is 136. The van der Waals surface area contributed by atoms with Crippen LogP contribution in [0.25, 0.3) is 0 Å². The van der Waals surface area contributed by atoms with E-state index in [1.807, 2.05) is 0 Å². The highest BCUT2D eigenvalue weighted by Crippen LogP contribution is 2.51. The van der Waals surface area contributed by atoms with Crippen LogP contribution < -0.4 is 0 Å². The molecule has 0 aromatic carbocycles. The van der Waals surface area contributed by atoms with Crippen LogP contribution in [-0.2, 0) is 4.74 Å². The molecule has 64 valence electrons. The zero-order chi connectivity index (χ0) is 7.73. The van der Waals surface area contributed by atoms with Crippen molar-refractivity contribution in [2.75, 3.05) is 12.5 Å². The number of halogens is 1. The zero-order valence-electron chi connectivity index (χ0n) is 6.81. The summed E-state index contributed by atoms with van der Waals surface area (Å²) in [6, 6.07) is 0. The fraction of sp³-hybridized carbons (Fsp3) is 1.00. The third kappa shape index (κ3) is 1.70. The van der Waals surface area contributed by atoms with Gasteiger partial charge in [0.1, 0.15) is 0 Å². The van der Waals surface area contributed by atoms with Crippen LogP contribution in [0.3, 0.4) is 0 Å². The fourth-order valence-electron chi connectivity index (χ4n) is 1.86. The van der Waals surface area contributed by atoms with Crippen LogP contribution in [0.4, 0.5) is 0 Å². The van der Waals surface area contributed by atoms with E-state index in [2.05, 4.69) is 0 Å². The second-order valence-electron chi connectivity index (χ2n) is 3.97. The molecule has 2 fully saturated rings. The average Bonchev–Trinajstić information content (AvgIpc) is 2.59. The number of rotatable bonds is 3. The summed E-state index contributed by atoms with van der Waals surface area (Å²) in [6.45, 7) is 0.975. The minimum absolute atomic E-state index is 0.497. The Morgan fingerprint density at radius 1 is 1.45 bits per heavy atom. The zero-order valence-corrected chi connectivity index (χ0v) is 7.57. The lowest BCUT2D eigenvalue weighted by Gasteiger charge is -2.15. The maximum absolute atomic E-state index is 5.88. The summed E-state index contributed by atoms with van der Waals surface area (Å²) >= 11 is 5.88. The van der Waals surface area contributed by atoms with E-state index in [0.717, 1.165) is 12.5 Å². The lowest BCUT2D eigenvalue weighted by Crippen LogP contribution is -2.14. The van der Waals surface area contributed by atoms with Crippen LogP contribution in [0, 0.1) is 5.41 Å². The van der Waals surface area contributed by atoms with E-state index in [-0.39, 0.29) is 0 Å². The smallest absolute Gasteiger partial charge is 0.0581 e. The van der Waals surface area contributed by atoms with Crippen LogP contribution in [0.5, 0.6) is 0 Å². The topological polar surface area (TPSA) is 9.23 Å². The number of alkyl halides is 1. The Balaban J connectivity index is 1.80. The Morgan fingerprint density at radius 2 is 2.27 bits per heavy atom. The second-order valence-corrected chi connectivity index (χ2v) is 4.24. The first-order valence-corrected chi connectivity index (χ1v) is 5.06. The average molecular weight is 175 g/mol. The van der Waals surface area contributed by atoms with Crippen molar-refractivity contribution in [2.45, 2.75) is 38.2 Å². The SMILES string of the molecule is ClCC1(C[C@@H]2CCCO2)CC1. The lowest BCUT2D eigenvalue weighted by molar-refractivity contribution is 0.0888. The summed E-state index contributed by atoms with van der Waals surface area (Å²) in [7, 11) is 0. The van der Waals surface area contributed by atoms with Gasteiger partial charge >= 0.3 is 0 Å². The summed E-state index contributed by atoms with van der Waals surface area (Å²) in [6.07, 6.45) is 6.93. The summed E-state index contributed by atoms with van der Waals surface area (Å²) in [5, 5.41) is 0. The summed E-state index contributed by atoms with van der Waals surface area (Å²) in [4.78, 5) is 0. The first-order valence-electron chi connectivity index (χ1n) is 4.52. The molecule has 2 heteroatoms. The van der Waals surface area contributed by atoms with Gasteiger partial charge in [0.25, 0.3) is 0 Å². The van der Waals surface area contributed by atoms with Gasteiger partial charge in [-0.15, -0.1) is 11.6 Å². The Labute approximate surface area is 73.1 Å². The first-order chi connectivity index (χ1) is 5.35. The first kappa shape index (κ1) is 7.88. The van der Waals surface area contributed by atoms with Crippen LogP contribution in [-0.4, -0.2) is 18.6 Å². The van der Waals surface area contributed by atoms with E-state index >= 15 is 0 Å². The molecule has 1 aliphatic carbocycles. The molecule has 1 atom stereocenters. The number of ether oxygens (including phenoxy) is 1. The molecule has 1 heterocycles. The van der Waals surface area contributed by atoms with Gasteiger partial charge < -0.3 is 4.74 Å². The Hall–Kier alpha value is 0.250. The van der Waals surface area contributed by atoms with Crippen LogP contribution in [0.1, 0.15) is 32.1 Å². The largest absolute Gasteiger partial charge is 0.378 e. The molecule has 1 aliphatic heterocycles. The van der Waals surface area contributed by atoms with Gasteiger partial charge in [-0.1, -0.05) is 0 Å². The maximum Gasteiger partial charge on any atom is 0.0581 e. The molecule has 2 rings (SSSR count). The van der Waals surface area contributed by atoms with Gasteiger partial charge in [-0.2, -0.15) is 0 Å². The summed E-state index contributed by atoms with van der Waals surface area (Å²) in [5.41, 5.74) is 0.497. The minimum atomic E-state index is 0.497. The van der Waals surface area contributed by atoms with Crippen LogP contribution >= 0.6 is 11.6 Å². The van der Waals surface area contributed by atoms with Crippen molar-refractivity contribution < 1.29 is 4.74 Å². The highest BCUT2D eigenvalue weighted by molar-refractivity contribution is 6.18.